The Morgan fingerprint density at radius 3 is 2.54 bits per heavy atom. The van der Waals surface area contributed by atoms with Crippen molar-refractivity contribution in [3.05, 3.63) is 6.20 Å². The van der Waals surface area contributed by atoms with Crippen LogP contribution in [0.1, 0.15) is 12.8 Å². The van der Waals surface area contributed by atoms with Gasteiger partial charge in [-0.25, -0.2) is 4.98 Å². The van der Waals surface area contributed by atoms with Crippen molar-refractivity contribution in [2.45, 2.75) is 12.8 Å². The van der Waals surface area contributed by atoms with Gasteiger partial charge in [-0.3, -0.25) is 0 Å². The van der Waals surface area contributed by atoms with Crippen molar-refractivity contribution >= 4 is 17.5 Å². The molecule has 0 saturated carbocycles. The highest BCUT2D eigenvalue weighted by atomic mass is 15.3. The maximum atomic E-state index is 5.59. The fourth-order valence-corrected chi connectivity index (χ4v) is 1.46. The van der Waals surface area contributed by atoms with Gasteiger partial charge in [-0.2, -0.15) is 4.98 Å². The highest BCUT2D eigenvalue weighted by Crippen LogP contribution is 2.18. The largest absolute Gasteiger partial charge is 0.394 e. The van der Waals surface area contributed by atoms with Crippen molar-refractivity contribution in [3.8, 4) is 0 Å². The van der Waals surface area contributed by atoms with E-state index < -0.39 is 0 Å². The van der Waals surface area contributed by atoms with Crippen LogP contribution in [-0.2, 0) is 0 Å². The van der Waals surface area contributed by atoms with Gasteiger partial charge in [0, 0.05) is 13.1 Å². The summed E-state index contributed by atoms with van der Waals surface area (Å²) in [4.78, 5) is 10.4. The zero-order valence-electron chi connectivity index (χ0n) is 7.40. The lowest BCUT2D eigenvalue weighted by atomic mass is 10.4. The molecule has 2 heterocycles. The van der Waals surface area contributed by atoms with Crippen LogP contribution in [0, 0.1) is 0 Å². The topological polar surface area (TPSA) is 81.1 Å². The molecule has 0 aliphatic carbocycles. The van der Waals surface area contributed by atoms with E-state index >= 15 is 0 Å². The third-order valence-electron chi connectivity index (χ3n) is 2.22. The van der Waals surface area contributed by atoms with Crippen molar-refractivity contribution < 1.29 is 0 Å². The summed E-state index contributed by atoms with van der Waals surface area (Å²) in [7, 11) is 0. The number of nitrogens with two attached hydrogens (primary N) is 2. The predicted molar refractivity (Wildman–Crippen MR) is 52.3 cm³/mol. The lowest BCUT2D eigenvalue weighted by Crippen LogP contribution is -2.21. The van der Waals surface area contributed by atoms with Gasteiger partial charge in [-0.1, -0.05) is 0 Å². The molecule has 0 amide bonds. The first-order chi connectivity index (χ1) is 6.27. The summed E-state index contributed by atoms with van der Waals surface area (Å²) >= 11 is 0. The second-order valence-electron chi connectivity index (χ2n) is 3.20. The molecule has 1 aromatic rings. The van der Waals surface area contributed by atoms with Gasteiger partial charge in [0.1, 0.15) is 0 Å². The number of rotatable bonds is 1. The number of nitrogens with zero attached hydrogens (tertiary/aromatic N) is 3. The minimum Gasteiger partial charge on any atom is -0.394 e. The highest BCUT2D eigenvalue weighted by Gasteiger charge is 2.15. The minimum absolute atomic E-state index is 0.372. The summed E-state index contributed by atoms with van der Waals surface area (Å²) in [6.07, 6.45) is 3.97. The molecule has 0 spiro atoms. The zero-order valence-corrected chi connectivity index (χ0v) is 7.40. The maximum absolute atomic E-state index is 5.59. The summed E-state index contributed by atoms with van der Waals surface area (Å²) in [5.41, 5.74) is 11.6. The van der Waals surface area contributed by atoms with Gasteiger partial charge < -0.3 is 16.4 Å². The fourth-order valence-electron chi connectivity index (χ4n) is 1.46. The van der Waals surface area contributed by atoms with Gasteiger partial charge >= 0.3 is 0 Å². The van der Waals surface area contributed by atoms with E-state index in [0.29, 0.717) is 17.5 Å². The third-order valence-corrected chi connectivity index (χ3v) is 2.22. The van der Waals surface area contributed by atoms with E-state index in [-0.39, 0.29) is 0 Å². The van der Waals surface area contributed by atoms with Crippen LogP contribution in [0.25, 0.3) is 0 Å². The molecule has 13 heavy (non-hydrogen) atoms. The smallest absolute Gasteiger partial charge is 0.227 e. The first-order valence-electron chi connectivity index (χ1n) is 4.40. The molecule has 1 aliphatic rings. The van der Waals surface area contributed by atoms with Gasteiger partial charge in [-0.15, -0.1) is 0 Å². The molecular formula is C8H13N5. The molecule has 0 atom stereocenters. The van der Waals surface area contributed by atoms with Crippen LogP contribution < -0.4 is 16.4 Å². The van der Waals surface area contributed by atoms with Gasteiger partial charge in [0.05, 0.1) is 11.9 Å². The summed E-state index contributed by atoms with van der Waals surface area (Å²) in [6, 6.07) is 0. The predicted octanol–water partition coefficient (Wildman–Crippen LogP) is 0.241. The van der Waals surface area contributed by atoms with E-state index in [0.717, 1.165) is 13.1 Å². The molecular weight excluding hydrogens is 166 g/mol. The minimum atomic E-state index is 0.372. The standard InChI is InChI=1S/C8H13N5/c9-6-5-11-8(12-7(6)10)13-3-1-2-4-13/h5H,1-4,9H2,(H2,10,11,12). The Kier molecular flexibility index (Phi) is 1.92. The Hall–Kier alpha value is -1.52. The second kappa shape index (κ2) is 3.08. The van der Waals surface area contributed by atoms with Crippen molar-refractivity contribution in [1.82, 2.24) is 9.97 Å². The molecule has 2 rings (SSSR count). The van der Waals surface area contributed by atoms with Crippen molar-refractivity contribution in [3.63, 3.8) is 0 Å². The van der Waals surface area contributed by atoms with Crippen molar-refractivity contribution in [2.75, 3.05) is 29.5 Å². The number of anilines is 3. The Bertz CT molecular complexity index is 305. The van der Waals surface area contributed by atoms with Crippen LogP contribution in [0.15, 0.2) is 6.20 Å². The quantitative estimate of drug-likeness (QED) is 0.645. The molecule has 5 nitrogen and oxygen atoms in total. The number of hydrogen-bond acceptors (Lipinski definition) is 5. The van der Waals surface area contributed by atoms with Gasteiger partial charge in [-0.05, 0) is 12.8 Å². The molecule has 1 aliphatic heterocycles. The second-order valence-corrected chi connectivity index (χ2v) is 3.20. The monoisotopic (exact) mass is 179 g/mol. The molecule has 5 heteroatoms. The summed E-state index contributed by atoms with van der Waals surface area (Å²) in [5.74, 6) is 1.07. The molecule has 1 saturated heterocycles. The van der Waals surface area contributed by atoms with E-state index in [1.165, 1.54) is 12.8 Å². The van der Waals surface area contributed by atoms with Gasteiger partial charge in [0.2, 0.25) is 5.95 Å². The molecule has 0 radical (unpaired) electrons. The molecule has 0 aromatic carbocycles. The fraction of sp³-hybridized carbons (Fsp3) is 0.500. The SMILES string of the molecule is Nc1cnc(N2CCCC2)nc1N. The third kappa shape index (κ3) is 1.49. The normalized spacial score (nSPS) is 16.5. The Labute approximate surface area is 76.8 Å². The lowest BCUT2D eigenvalue weighted by molar-refractivity contribution is 0.902. The molecule has 4 N–H and O–H groups in total. The van der Waals surface area contributed by atoms with Crippen LogP contribution in [0.2, 0.25) is 0 Å². The van der Waals surface area contributed by atoms with E-state index in [1.54, 1.807) is 6.20 Å². The van der Waals surface area contributed by atoms with Crippen LogP contribution in [0.5, 0.6) is 0 Å². The number of nitrogen functional groups attached to an aromatic ring is 2. The van der Waals surface area contributed by atoms with Crippen LogP contribution in [0.4, 0.5) is 17.5 Å². The molecule has 0 unspecified atom stereocenters. The van der Waals surface area contributed by atoms with E-state index in [2.05, 4.69) is 14.9 Å². The Balaban J connectivity index is 2.25. The van der Waals surface area contributed by atoms with Gasteiger partial charge in [0.25, 0.3) is 0 Å². The Morgan fingerprint density at radius 2 is 1.92 bits per heavy atom. The molecule has 1 fully saturated rings. The Morgan fingerprint density at radius 1 is 1.23 bits per heavy atom. The van der Waals surface area contributed by atoms with E-state index in [4.69, 9.17) is 11.5 Å². The van der Waals surface area contributed by atoms with E-state index in [1.807, 2.05) is 0 Å². The summed E-state index contributed by atoms with van der Waals surface area (Å²) < 4.78 is 0. The van der Waals surface area contributed by atoms with Crippen molar-refractivity contribution in [1.29, 1.82) is 0 Å². The average molecular weight is 179 g/mol. The first-order valence-corrected chi connectivity index (χ1v) is 4.40. The molecule has 1 aromatic heterocycles. The number of hydrogen-bond donors (Lipinski definition) is 2. The zero-order chi connectivity index (χ0) is 9.26. The van der Waals surface area contributed by atoms with Crippen LogP contribution in [0.3, 0.4) is 0 Å². The van der Waals surface area contributed by atoms with Crippen molar-refractivity contribution in [2.24, 2.45) is 0 Å². The van der Waals surface area contributed by atoms with Crippen LogP contribution >= 0.6 is 0 Å². The highest BCUT2D eigenvalue weighted by molar-refractivity contribution is 5.58. The maximum Gasteiger partial charge on any atom is 0.227 e. The first kappa shape index (κ1) is 8.10. The summed E-state index contributed by atoms with van der Waals surface area (Å²) in [6.45, 7) is 2.03. The van der Waals surface area contributed by atoms with Gasteiger partial charge in [0.15, 0.2) is 5.82 Å². The average Bonchev–Trinajstić information content (AvgIpc) is 2.62. The lowest BCUT2D eigenvalue weighted by Gasteiger charge is -2.14. The number of aromatic nitrogens is 2. The van der Waals surface area contributed by atoms with Crippen LogP contribution in [-0.4, -0.2) is 23.1 Å². The van der Waals surface area contributed by atoms with E-state index in [9.17, 15) is 0 Å². The molecule has 0 bridgehead atoms. The summed E-state index contributed by atoms with van der Waals surface area (Å²) in [5, 5.41) is 0. The molecule has 70 valence electrons.